The van der Waals surface area contributed by atoms with Gasteiger partial charge >= 0.3 is 0 Å². The number of ether oxygens (including phenoxy) is 1. The van der Waals surface area contributed by atoms with Gasteiger partial charge in [-0.05, 0) is 30.2 Å². The summed E-state index contributed by atoms with van der Waals surface area (Å²) in [6.07, 6.45) is 2.43. The maximum Gasteiger partial charge on any atom is 0.255 e. The lowest BCUT2D eigenvalue weighted by Crippen LogP contribution is -2.25. The Bertz CT molecular complexity index is 872. The molecule has 0 radical (unpaired) electrons. The SMILES string of the molecule is COc1ccc(C(=O)NCCc2cccc3cccnc23)c(O)c1. The number of hydrogen-bond acceptors (Lipinski definition) is 4. The summed E-state index contributed by atoms with van der Waals surface area (Å²) in [6.45, 7) is 0.458. The number of aromatic hydroxyl groups is 1. The number of nitrogens with zero attached hydrogens (tertiary/aromatic N) is 1. The summed E-state index contributed by atoms with van der Waals surface area (Å²) in [6, 6.07) is 14.5. The molecule has 0 unspecified atom stereocenters. The fourth-order valence-corrected chi connectivity index (χ4v) is 2.61. The molecule has 24 heavy (non-hydrogen) atoms. The molecule has 0 saturated carbocycles. The second kappa shape index (κ2) is 7.00. The zero-order valence-corrected chi connectivity index (χ0v) is 13.3. The lowest BCUT2D eigenvalue weighted by molar-refractivity contribution is 0.0951. The molecule has 1 amide bonds. The van der Waals surface area contributed by atoms with Crippen LogP contribution in [0.5, 0.6) is 11.5 Å². The number of phenolic OH excluding ortho intramolecular Hbond substituents is 1. The number of carbonyl (C=O) groups is 1. The van der Waals surface area contributed by atoms with E-state index in [0.717, 1.165) is 16.5 Å². The van der Waals surface area contributed by atoms with E-state index in [-0.39, 0.29) is 17.2 Å². The van der Waals surface area contributed by atoms with Crippen LogP contribution < -0.4 is 10.1 Å². The van der Waals surface area contributed by atoms with E-state index in [1.165, 1.54) is 13.2 Å². The maximum atomic E-state index is 12.2. The highest BCUT2D eigenvalue weighted by Gasteiger charge is 2.11. The molecule has 0 fully saturated rings. The molecule has 0 bridgehead atoms. The standard InChI is InChI=1S/C19H18N2O3/c1-24-15-7-8-16(17(22)12-15)19(23)21-11-9-14-5-2-4-13-6-3-10-20-18(13)14/h2-8,10,12,22H,9,11H2,1H3,(H,21,23). The number of hydrogen-bond donors (Lipinski definition) is 2. The molecule has 5 heteroatoms. The number of amides is 1. The van der Waals surface area contributed by atoms with E-state index in [2.05, 4.69) is 10.3 Å². The van der Waals surface area contributed by atoms with E-state index < -0.39 is 0 Å². The molecule has 122 valence electrons. The van der Waals surface area contributed by atoms with Crippen LogP contribution in [0.25, 0.3) is 10.9 Å². The quantitative estimate of drug-likeness (QED) is 0.757. The van der Waals surface area contributed by atoms with Crippen LogP contribution in [0.1, 0.15) is 15.9 Å². The lowest BCUT2D eigenvalue weighted by atomic mass is 10.1. The van der Waals surface area contributed by atoms with Crippen LogP contribution in [-0.2, 0) is 6.42 Å². The van der Waals surface area contributed by atoms with Gasteiger partial charge in [-0.25, -0.2) is 0 Å². The summed E-state index contributed by atoms with van der Waals surface area (Å²) >= 11 is 0. The summed E-state index contributed by atoms with van der Waals surface area (Å²) in [7, 11) is 1.51. The smallest absolute Gasteiger partial charge is 0.255 e. The van der Waals surface area contributed by atoms with Crippen LogP contribution in [0.3, 0.4) is 0 Å². The Balaban J connectivity index is 1.66. The molecule has 0 spiro atoms. The van der Waals surface area contributed by atoms with Gasteiger partial charge in [0.05, 0.1) is 18.2 Å². The van der Waals surface area contributed by atoms with Crippen molar-refractivity contribution in [3.05, 3.63) is 65.9 Å². The number of carbonyl (C=O) groups excluding carboxylic acids is 1. The van der Waals surface area contributed by atoms with Crippen molar-refractivity contribution in [1.29, 1.82) is 0 Å². The largest absolute Gasteiger partial charge is 0.507 e. The van der Waals surface area contributed by atoms with Crippen molar-refractivity contribution in [3.63, 3.8) is 0 Å². The molecule has 1 aromatic heterocycles. The highest BCUT2D eigenvalue weighted by molar-refractivity contribution is 5.97. The molecule has 0 aliphatic rings. The van der Waals surface area contributed by atoms with Crippen molar-refractivity contribution in [1.82, 2.24) is 10.3 Å². The molecular formula is C19H18N2O3. The third kappa shape index (κ3) is 3.30. The van der Waals surface area contributed by atoms with Crippen molar-refractivity contribution in [2.75, 3.05) is 13.7 Å². The first kappa shape index (κ1) is 15.8. The Morgan fingerprint density at radius 2 is 2.04 bits per heavy atom. The first-order chi connectivity index (χ1) is 11.7. The molecule has 2 N–H and O–H groups in total. The molecule has 3 rings (SSSR count). The van der Waals surface area contributed by atoms with Crippen molar-refractivity contribution in [2.24, 2.45) is 0 Å². The number of methoxy groups -OCH3 is 1. The van der Waals surface area contributed by atoms with Gasteiger partial charge in [-0.2, -0.15) is 0 Å². The third-order valence-corrected chi connectivity index (χ3v) is 3.85. The minimum Gasteiger partial charge on any atom is -0.507 e. The van der Waals surface area contributed by atoms with Crippen molar-refractivity contribution in [3.8, 4) is 11.5 Å². The van der Waals surface area contributed by atoms with E-state index in [1.54, 1.807) is 18.3 Å². The van der Waals surface area contributed by atoms with Gasteiger partial charge in [0.15, 0.2) is 0 Å². The third-order valence-electron chi connectivity index (χ3n) is 3.85. The van der Waals surface area contributed by atoms with Crippen LogP contribution in [0.15, 0.2) is 54.7 Å². The van der Waals surface area contributed by atoms with E-state index in [0.29, 0.717) is 18.7 Å². The number of phenols is 1. The molecule has 2 aromatic carbocycles. The normalized spacial score (nSPS) is 10.5. The minimum absolute atomic E-state index is 0.0984. The first-order valence-electron chi connectivity index (χ1n) is 7.67. The average molecular weight is 322 g/mol. The van der Waals surface area contributed by atoms with E-state index >= 15 is 0 Å². The molecule has 5 nitrogen and oxygen atoms in total. The highest BCUT2D eigenvalue weighted by atomic mass is 16.5. The Hall–Kier alpha value is -3.08. The summed E-state index contributed by atoms with van der Waals surface area (Å²) in [5.41, 5.74) is 2.25. The average Bonchev–Trinajstić information content (AvgIpc) is 2.61. The second-order valence-corrected chi connectivity index (χ2v) is 5.38. The van der Waals surface area contributed by atoms with Crippen LogP contribution >= 0.6 is 0 Å². The Morgan fingerprint density at radius 3 is 2.83 bits per heavy atom. The molecule has 0 aliphatic carbocycles. The predicted molar refractivity (Wildman–Crippen MR) is 92.4 cm³/mol. The zero-order valence-electron chi connectivity index (χ0n) is 13.3. The Morgan fingerprint density at radius 1 is 1.21 bits per heavy atom. The summed E-state index contributed by atoms with van der Waals surface area (Å²) in [4.78, 5) is 16.6. The number of para-hydroxylation sites is 1. The lowest BCUT2D eigenvalue weighted by Gasteiger charge is -2.09. The number of rotatable bonds is 5. The number of nitrogens with one attached hydrogen (secondary N) is 1. The van der Waals surface area contributed by atoms with Gasteiger partial charge in [-0.3, -0.25) is 9.78 Å². The van der Waals surface area contributed by atoms with Gasteiger partial charge in [-0.15, -0.1) is 0 Å². The molecule has 0 aliphatic heterocycles. The van der Waals surface area contributed by atoms with Gasteiger partial charge < -0.3 is 15.2 Å². The van der Waals surface area contributed by atoms with Crippen molar-refractivity contribution in [2.45, 2.75) is 6.42 Å². The maximum absolute atomic E-state index is 12.2. The zero-order chi connectivity index (χ0) is 16.9. The summed E-state index contributed by atoms with van der Waals surface area (Å²) < 4.78 is 5.01. The van der Waals surface area contributed by atoms with Crippen molar-refractivity contribution < 1.29 is 14.6 Å². The summed E-state index contributed by atoms with van der Waals surface area (Å²) in [5, 5.41) is 13.8. The molecular weight excluding hydrogens is 304 g/mol. The molecule has 1 heterocycles. The Kier molecular flexibility index (Phi) is 4.61. The molecule has 3 aromatic rings. The number of pyridine rings is 1. The number of aromatic nitrogens is 1. The van der Waals surface area contributed by atoms with Gasteiger partial charge in [0.25, 0.3) is 5.91 Å². The topological polar surface area (TPSA) is 71.5 Å². The van der Waals surface area contributed by atoms with E-state index in [4.69, 9.17) is 4.74 Å². The minimum atomic E-state index is -0.316. The van der Waals surface area contributed by atoms with Gasteiger partial charge in [0, 0.05) is 24.2 Å². The number of benzene rings is 2. The van der Waals surface area contributed by atoms with Gasteiger partial charge in [-0.1, -0.05) is 24.3 Å². The monoisotopic (exact) mass is 322 g/mol. The fraction of sp³-hybridized carbons (Fsp3) is 0.158. The fourth-order valence-electron chi connectivity index (χ4n) is 2.61. The highest BCUT2D eigenvalue weighted by Crippen LogP contribution is 2.23. The van der Waals surface area contributed by atoms with Crippen LogP contribution in [0.4, 0.5) is 0 Å². The summed E-state index contributed by atoms with van der Waals surface area (Å²) in [5.74, 6) is 0.0907. The Labute approximate surface area is 139 Å². The first-order valence-corrected chi connectivity index (χ1v) is 7.67. The second-order valence-electron chi connectivity index (χ2n) is 5.38. The van der Waals surface area contributed by atoms with E-state index in [1.807, 2.05) is 30.3 Å². The van der Waals surface area contributed by atoms with Crippen LogP contribution in [-0.4, -0.2) is 29.7 Å². The van der Waals surface area contributed by atoms with Crippen LogP contribution in [0, 0.1) is 0 Å². The van der Waals surface area contributed by atoms with Crippen molar-refractivity contribution >= 4 is 16.8 Å². The molecule has 0 atom stereocenters. The number of fused-ring (bicyclic) bond motifs is 1. The van der Waals surface area contributed by atoms with Gasteiger partial charge in [0.1, 0.15) is 11.5 Å². The predicted octanol–water partition coefficient (Wildman–Crippen LogP) is 2.92. The van der Waals surface area contributed by atoms with E-state index in [9.17, 15) is 9.90 Å². The van der Waals surface area contributed by atoms with Crippen LogP contribution in [0.2, 0.25) is 0 Å². The molecule has 0 saturated heterocycles. The van der Waals surface area contributed by atoms with Gasteiger partial charge in [0.2, 0.25) is 0 Å².